The average molecular weight is 339 g/mol. The molecule has 116 valence electrons. The second-order valence-electron chi connectivity index (χ2n) is 4.00. The van der Waals surface area contributed by atoms with E-state index in [0.29, 0.717) is 4.31 Å². The number of benzene rings is 1. The molecule has 0 heterocycles. The summed E-state index contributed by atoms with van der Waals surface area (Å²) in [6, 6.07) is 5.28. The van der Waals surface area contributed by atoms with Crippen molar-refractivity contribution in [2.24, 2.45) is 0 Å². The molecule has 0 N–H and O–H groups in total. The summed E-state index contributed by atoms with van der Waals surface area (Å²) in [4.78, 5) is -0.355. The van der Waals surface area contributed by atoms with E-state index < -0.39 is 23.0 Å². The van der Waals surface area contributed by atoms with Crippen LogP contribution in [0.15, 0.2) is 23.1 Å². The lowest BCUT2D eigenvalue weighted by Crippen LogP contribution is -2.37. The second kappa shape index (κ2) is 7.66. The fourth-order valence-corrected chi connectivity index (χ4v) is 3.31. The van der Waals surface area contributed by atoms with Crippen LogP contribution in [-0.4, -0.2) is 46.0 Å². The van der Waals surface area contributed by atoms with Crippen LogP contribution in [0, 0.1) is 11.3 Å². The summed E-state index contributed by atoms with van der Waals surface area (Å²) in [5.41, 5.74) is -0.195. The highest BCUT2D eigenvalue weighted by atomic mass is 35.5. The summed E-state index contributed by atoms with van der Waals surface area (Å²) in [6.07, 6.45) is -2.84. The van der Waals surface area contributed by atoms with Crippen molar-refractivity contribution in [1.82, 2.24) is 4.31 Å². The maximum Gasteiger partial charge on any atom is 0.252 e. The number of hydrogen-bond donors (Lipinski definition) is 0. The molecule has 0 bridgehead atoms. The molecular weight excluding hydrogens is 326 g/mol. The third-order valence-electron chi connectivity index (χ3n) is 2.57. The summed E-state index contributed by atoms with van der Waals surface area (Å²) in [5, 5.41) is 9.16. The fraction of sp³-hybridized carbons (Fsp3) is 0.417. The molecule has 0 amide bonds. The second-order valence-corrected chi connectivity index (χ2v) is 6.34. The maximum atomic E-state index is 12.6. The van der Waals surface area contributed by atoms with Gasteiger partial charge in [-0.05, 0) is 18.2 Å². The van der Waals surface area contributed by atoms with Crippen LogP contribution in [0.5, 0.6) is 0 Å². The first-order valence-corrected chi connectivity index (χ1v) is 7.61. The van der Waals surface area contributed by atoms with Gasteiger partial charge in [0.25, 0.3) is 6.43 Å². The first kappa shape index (κ1) is 17.8. The monoisotopic (exact) mass is 338 g/mol. The molecule has 0 saturated carbocycles. The average Bonchev–Trinajstić information content (AvgIpc) is 2.42. The first-order valence-electron chi connectivity index (χ1n) is 5.79. The molecule has 0 atom stereocenters. The van der Waals surface area contributed by atoms with E-state index in [4.69, 9.17) is 21.6 Å². The number of nitriles is 1. The maximum absolute atomic E-state index is 12.6. The molecule has 1 aromatic rings. The molecule has 0 aliphatic rings. The molecule has 0 aliphatic heterocycles. The number of alkyl halides is 2. The highest BCUT2D eigenvalue weighted by Gasteiger charge is 2.29. The quantitative estimate of drug-likeness (QED) is 0.763. The number of hydrogen-bond acceptors (Lipinski definition) is 4. The van der Waals surface area contributed by atoms with Crippen molar-refractivity contribution in [2.75, 3.05) is 26.8 Å². The van der Waals surface area contributed by atoms with E-state index in [9.17, 15) is 17.2 Å². The lowest BCUT2D eigenvalue weighted by atomic mass is 10.2. The third-order valence-corrected chi connectivity index (χ3v) is 4.72. The number of ether oxygens (including phenoxy) is 1. The Morgan fingerprint density at radius 2 is 2.14 bits per heavy atom. The van der Waals surface area contributed by atoms with Crippen LogP contribution in [0.1, 0.15) is 5.56 Å². The summed E-state index contributed by atoms with van der Waals surface area (Å²) in [6.45, 7) is -1.25. The molecule has 0 fully saturated rings. The highest BCUT2D eigenvalue weighted by molar-refractivity contribution is 7.89. The largest absolute Gasteiger partial charge is 0.383 e. The molecule has 0 radical (unpaired) electrons. The van der Waals surface area contributed by atoms with Gasteiger partial charge in [-0.2, -0.15) is 9.57 Å². The van der Waals surface area contributed by atoms with E-state index in [0.717, 1.165) is 6.07 Å². The van der Waals surface area contributed by atoms with Crippen LogP contribution < -0.4 is 0 Å². The number of rotatable bonds is 7. The number of methoxy groups -OCH3 is 1. The molecule has 0 aliphatic carbocycles. The number of halogens is 3. The molecule has 21 heavy (non-hydrogen) atoms. The normalized spacial score (nSPS) is 11.9. The minimum Gasteiger partial charge on any atom is -0.383 e. The van der Waals surface area contributed by atoms with Crippen molar-refractivity contribution in [2.45, 2.75) is 11.3 Å². The lowest BCUT2D eigenvalue weighted by molar-refractivity contribution is 0.106. The van der Waals surface area contributed by atoms with Crippen molar-refractivity contribution in [1.29, 1.82) is 5.26 Å². The van der Waals surface area contributed by atoms with Gasteiger partial charge in [0.2, 0.25) is 10.0 Å². The lowest BCUT2D eigenvalue weighted by Gasteiger charge is -2.22. The van der Waals surface area contributed by atoms with Gasteiger partial charge in [0.05, 0.1) is 18.7 Å². The molecule has 9 heteroatoms. The Hall–Kier alpha value is -1.27. The zero-order valence-corrected chi connectivity index (χ0v) is 12.7. The Morgan fingerprint density at radius 1 is 1.48 bits per heavy atom. The molecular formula is C12H13ClF2N2O3S. The van der Waals surface area contributed by atoms with Crippen molar-refractivity contribution in [3.05, 3.63) is 28.8 Å². The van der Waals surface area contributed by atoms with Gasteiger partial charge in [-0.3, -0.25) is 0 Å². The van der Waals surface area contributed by atoms with Crippen molar-refractivity contribution >= 4 is 21.6 Å². The summed E-state index contributed by atoms with van der Waals surface area (Å²) >= 11 is 5.69. The molecule has 0 spiro atoms. The van der Waals surface area contributed by atoms with E-state index in [1.165, 1.54) is 19.2 Å². The Morgan fingerprint density at radius 3 is 2.67 bits per heavy atom. The first-order chi connectivity index (χ1) is 9.82. The third kappa shape index (κ3) is 4.61. The van der Waals surface area contributed by atoms with E-state index in [1.54, 1.807) is 6.07 Å². The zero-order valence-electron chi connectivity index (χ0n) is 11.1. The van der Waals surface area contributed by atoms with Gasteiger partial charge in [-0.25, -0.2) is 17.2 Å². The zero-order chi connectivity index (χ0) is 16.0. The van der Waals surface area contributed by atoms with E-state index in [2.05, 4.69) is 0 Å². The summed E-state index contributed by atoms with van der Waals surface area (Å²) in [5.74, 6) is 0. The van der Waals surface area contributed by atoms with Crippen molar-refractivity contribution < 1.29 is 21.9 Å². The SMILES string of the molecule is COCCN(CC(F)F)S(=O)(=O)c1ccc(Cl)cc1C#N. The van der Waals surface area contributed by atoms with E-state index in [1.807, 2.05) is 0 Å². The Labute approximate surface area is 126 Å². The molecule has 1 rings (SSSR count). The Kier molecular flexibility index (Phi) is 6.48. The van der Waals surface area contributed by atoms with Gasteiger partial charge in [0, 0.05) is 18.7 Å². The van der Waals surface area contributed by atoms with Crippen LogP contribution in [0.3, 0.4) is 0 Å². The molecule has 0 aromatic heterocycles. The number of sulfonamides is 1. The van der Waals surface area contributed by atoms with Crippen LogP contribution in [0.2, 0.25) is 5.02 Å². The van der Waals surface area contributed by atoms with Crippen molar-refractivity contribution in [3.8, 4) is 6.07 Å². The van der Waals surface area contributed by atoms with Crippen LogP contribution in [0.25, 0.3) is 0 Å². The predicted molar refractivity (Wildman–Crippen MR) is 72.8 cm³/mol. The highest BCUT2D eigenvalue weighted by Crippen LogP contribution is 2.23. The predicted octanol–water partition coefficient (Wildman–Crippen LogP) is 2.11. The van der Waals surface area contributed by atoms with Gasteiger partial charge in [-0.15, -0.1) is 0 Å². The fourth-order valence-electron chi connectivity index (χ4n) is 1.61. The van der Waals surface area contributed by atoms with Gasteiger partial charge in [-0.1, -0.05) is 11.6 Å². The smallest absolute Gasteiger partial charge is 0.252 e. The number of nitrogens with zero attached hydrogens (tertiary/aromatic N) is 2. The Balaban J connectivity index is 3.25. The molecule has 1 aromatic carbocycles. The standard InChI is InChI=1S/C12H13ClF2N2O3S/c1-20-5-4-17(8-12(14)15)21(18,19)11-3-2-10(13)6-9(11)7-16/h2-3,6,12H,4-5,8H2,1H3. The molecule has 0 unspecified atom stereocenters. The van der Waals surface area contributed by atoms with E-state index >= 15 is 0 Å². The van der Waals surface area contributed by atoms with Gasteiger partial charge in [0.1, 0.15) is 11.0 Å². The Bertz CT molecular complexity index is 632. The minimum atomic E-state index is -4.24. The minimum absolute atomic E-state index is 0.0403. The van der Waals surface area contributed by atoms with Gasteiger partial charge >= 0.3 is 0 Å². The van der Waals surface area contributed by atoms with Gasteiger partial charge < -0.3 is 4.74 Å². The van der Waals surface area contributed by atoms with Crippen LogP contribution in [-0.2, 0) is 14.8 Å². The molecule has 0 saturated heterocycles. The summed E-state index contributed by atoms with van der Waals surface area (Å²) in [7, 11) is -2.91. The van der Waals surface area contributed by atoms with E-state index in [-0.39, 0.29) is 28.6 Å². The van der Waals surface area contributed by atoms with Gasteiger partial charge in [0.15, 0.2) is 0 Å². The van der Waals surface area contributed by atoms with Crippen LogP contribution >= 0.6 is 11.6 Å². The molecule has 5 nitrogen and oxygen atoms in total. The van der Waals surface area contributed by atoms with Crippen molar-refractivity contribution in [3.63, 3.8) is 0 Å². The topological polar surface area (TPSA) is 70.4 Å². The summed E-state index contributed by atoms with van der Waals surface area (Å²) < 4.78 is 55.3. The van der Waals surface area contributed by atoms with Crippen LogP contribution in [0.4, 0.5) is 8.78 Å².